The molecule has 1 amide bonds. The van der Waals surface area contributed by atoms with Crippen LogP contribution >= 0.6 is 0 Å². The van der Waals surface area contributed by atoms with Crippen molar-refractivity contribution in [2.24, 2.45) is 0 Å². The van der Waals surface area contributed by atoms with E-state index in [9.17, 15) is 4.79 Å². The summed E-state index contributed by atoms with van der Waals surface area (Å²) < 4.78 is 4.70. The zero-order valence-electron chi connectivity index (χ0n) is 5.52. The second-order valence-corrected chi connectivity index (χ2v) is 1.88. The molecule has 1 heterocycles. The molecule has 3 N–H and O–H groups in total. The van der Waals surface area contributed by atoms with E-state index in [2.05, 4.69) is 5.32 Å². The molecule has 1 rings (SSSR count). The third-order valence-corrected chi connectivity index (χ3v) is 1.12. The summed E-state index contributed by atoms with van der Waals surface area (Å²) in [5, 5.41) is 19.4. The van der Waals surface area contributed by atoms with Gasteiger partial charge >= 0.3 is 7.12 Å². The normalized spacial score (nSPS) is 9.27. The molecule has 0 unspecified atom stereocenters. The van der Waals surface area contributed by atoms with Gasteiger partial charge in [-0.05, 0) is 0 Å². The van der Waals surface area contributed by atoms with Crippen LogP contribution in [-0.2, 0) is 4.79 Å². The highest BCUT2D eigenvalue weighted by atomic mass is 16.4. The Labute approximate surface area is 62.8 Å². The van der Waals surface area contributed by atoms with Gasteiger partial charge in [0.05, 0.1) is 6.26 Å². The lowest BCUT2D eigenvalue weighted by Crippen LogP contribution is -2.27. The van der Waals surface area contributed by atoms with Crippen molar-refractivity contribution in [3.8, 4) is 0 Å². The molecule has 0 radical (unpaired) electrons. The van der Waals surface area contributed by atoms with Gasteiger partial charge < -0.3 is 14.5 Å². The molecular weight excluding hydrogens is 149 g/mol. The minimum absolute atomic E-state index is 0.183. The molecule has 5 nitrogen and oxygen atoms in total. The minimum atomic E-state index is -1.57. The molecule has 6 heteroatoms. The summed E-state index contributed by atoms with van der Waals surface area (Å²) in [5.74, 6) is 0.183. The minimum Gasteiger partial charge on any atom is -0.449 e. The predicted octanol–water partition coefficient (Wildman–Crippen LogP) is -1.47. The molecule has 0 bridgehead atoms. The van der Waals surface area contributed by atoms with Crippen LogP contribution in [0.2, 0.25) is 0 Å². The van der Waals surface area contributed by atoms with E-state index in [1.165, 1.54) is 6.07 Å². The first-order valence-electron chi connectivity index (χ1n) is 2.89. The summed E-state index contributed by atoms with van der Waals surface area (Å²) in [4.78, 5) is 9.86. The van der Waals surface area contributed by atoms with Crippen LogP contribution in [0.1, 0.15) is 0 Å². The molecule has 1 aromatic heterocycles. The summed E-state index contributed by atoms with van der Waals surface area (Å²) in [6.45, 7) is 0. The molecule has 0 saturated heterocycles. The zero-order chi connectivity index (χ0) is 8.27. The summed E-state index contributed by atoms with van der Waals surface area (Å²) in [7, 11) is -1.57. The summed E-state index contributed by atoms with van der Waals surface area (Å²) >= 11 is 0. The number of carbonyl (C=O) groups excluding carboxylic acids is 1. The molecule has 0 aliphatic rings. The summed E-state index contributed by atoms with van der Waals surface area (Å²) in [6, 6.07) is 1.32. The first-order chi connectivity index (χ1) is 5.24. The molecule has 0 spiro atoms. The van der Waals surface area contributed by atoms with Crippen molar-refractivity contribution in [2.75, 3.05) is 5.32 Å². The Morgan fingerprint density at radius 3 is 2.82 bits per heavy atom. The summed E-state index contributed by atoms with van der Waals surface area (Å²) in [6.07, 6.45) is 1.59. The largest absolute Gasteiger partial charge is 0.491 e. The number of hydrogen-bond acceptors (Lipinski definition) is 4. The Kier molecular flexibility index (Phi) is 2.30. The van der Waals surface area contributed by atoms with Crippen molar-refractivity contribution in [1.29, 1.82) is 0 Å². The van der Waals surface area contributed by atoms with Gasteiger partial charge in [0.1, 0.15) is 0 Å². The van der Waals surface area contributed by atoms with E-state index >= 15 is 0 Å². The molecule has 1 aromatic rings. The monoisotopic (exact) mass is 155 g/mol. The Bertz CT molecular complexity index is 246. The Morgan fingerprint density at radius 2 is 2.36 bits per heavy atom. The van der Waals surface area contributed by atoms with Crippen molar-refractivity contribution < 1.29 is 19.3 Å². The van der Waals surface area contributed by atoms with Gasteiger partial charge in [-0.3, -0.25) is 10.1 Å². The molecule has 0 fully saturated rings. The lowest BCUT2D eigenvalue weighted by molar-refractivity contribution is -0.105. The van der Waals surface area contributed by atoms with E-state index in [-0.39, 0.29) is 11.3 Å². The fourth-order valence-corrected chi connectivity index (χ4v) is 0.620. The third-order valence-electron chi connectivity index (χ3n) is 1.12. The molecule has 0 saturated carbocycles. The van der Waals surface area contributed by atoms with Crippen molar-refractivity contribution in [1.82, 2.24) is 0 Å². The number of carbonyl (C=O) groups is 1. The van der Waals surface area contributed by atoms with Crippen LogP contribution < -0.4 is 10.8 Å². The average Bonchev–Trinajstić information content (AvgIpc) is 2.37. The van der Waals surface area contributed by atoms with Crippen LogP contribution in [0.5, 0.6) is 0 Å². The Hall–Kier alpha value is -1.27. The van der Waals surface area contributed by atoms with Gasteiger partial charge in [-0.1, -0.05) is 0 Å². The number of anilines is 1. The SMILES string of the molecule is O=CNc1cc(B(O)O)co1. The molecule has 0 aliphatic carbocycles. The van der Waals surface area contributed by atoms with Crippen molar-refractivity contribution in [3.05, 3.63) is 12.3 Å². The highest BCUT2D eigenvalue weighted by Crippen LogP contribution is 2.03. The van der Waals surface area contributed by atoms with Crippen LogP contribution in [0.4, 0.5) is 5.88 Å². The van der Waals surface area contributed by atoms with Crippen LogP contribution in [0, 0.1) is 0 Å². The van der Waals surface area contributed by atoms with E-state index in [0.29, 0.717) is 6.41 Å². The number of hydrogen-bond donors (Lipinski definition) is 3. The topological polar surface area (TPSA) is 82.7 Å². The smallest absolute Gasteiger partial charge is 0.449 e. The third kappa shape index (κ3) is 1.82. The van der Waals surface area contributed by atoms with E-state index < -0.39 is 7.12 Å². The van der Waals surface area contributed by atoms with E-state index in [4.69, 9.17) is 14.5 Å². The van der Waals surface area contributed by atoms with Crippen LogP contribution in [0.15, 0.2) is 16.7 Å². The van der Waals surface area contributed by atoms with Crippen LogP contribution in [0.25, 0.3) is 0 Å². The van der Waals surface area contributed by atoms with E-state index in [0.717, 1.165) is 6.26 Å². The van der Waals surface area contributed by atoms with E-state index in [1.807, 2.05) is 0 Å². The number of rotatable bonds is 3. The molecule has 11 heavy (non-hydrogen) atoms. The Balaban J connectivity index is 2.73. The van der Waals surface area contributed by atoms with Crippen molar-refractivity contribution >= 4 is 24.9 Å². The molecular formula is C5H6BNO4. The lowest BCUT2D eigenvalue weighted by Gasteiger charge is -1.87. The van der Waals surface area contributed by atoms with Crippen LogP contribution in [0.3, 0.4) is 0 Å². The average molecular weight is 155 g/mol. The first-order valence-corrected chi connectivity index (χ1v) is 2.89. The quantitative estimate of drug-likeness (QED) is 0.367. The number of amides is 1. The first kappa shape index (κ1) is 7.84. The lowest BCUT2D eigenvalue weighted by atomic mass is 9.83. The second-order valence-electron chi connectivity index (χ2n) is 1.88. The van der Waals surface area contributed by atoms with Gasteiger partial charge in [-0.15, -0.1) is 0 Å². The van der Waals surface area contributed by atoms with Gasteiger partial charge in [0.25, 0.3) is 0 Å². The maximum absolute atomic E-state index is 9.86. The Morgan fingerprint density at radius 1 is 1.64 bits per heavy atom. The van der Waals surface area contributed by atoms with Crippen molar-refractivity contribution in [3.63, 3.8) is 0 Å². The second kappa shape index (κ2) is 3.22. The standard InChI is InChI=1S/C5H6BNO4/c8-3-7-5-1-4(2-11-5)6(9)10/h1-3,9-10H,(H,7,8). The van der Waals surface area contributed by atoms with E-state index in [1.54, 1.807) is 0 Å². The highest BCUT2D eigenvalue weighted by molar-refractivity contribution is 6.58. The molecule has 0 aromatic carbocycles. The molecule has 0 aliphatic heterocycles. The summed E-state index contributed by atoms with van der Waals surface area (Å²) in [5.41, 5.74) is 0.203. The van der Waals surface area contributed by atoms with Gasteiger partial charge in [-0.25, -0.2) is 0 Å². The van der Waals surface area contributed by atoms with Gasteiger partial charge in [-0.2, -0.15) is 0 Å². The van der Waals surface area contributed by atoms with Gasteiger partial charge in [0, 0.05) is 11.5 Å². The fourth-order valence-electron chi connectivity index (χ4n) is 0.620. The molecule has 0 atom stereocenters. The maximum atomic E-state index is 9.86. The fraction of sp³-hybridized carbons (Fsp3) is 0. The van der Waals surface area contributed by atoms with Gasteiger partial charge in [0.15, 0.2) is 5.88 Å². The highest BCUT2D eigenvalue weighted by Gasteiger charge is 2.13. The molecule has 58 valence electrons. The van der Waals surface area contributed by atoms with Crippen molar-refractivity contribution in [2.45, 2.75) is 0 Å². The predicted molar refractivity (Wildman–Crippen MR) is 38.2 cm³/mol. The maximum Gasteiger partial charge on any atom is 0.491 e. The van der Waals surface area contributed by atoms with Crippen LogP contribution in [-0.4, -0.2) is 23.6 Å². The number of nitrogens with one attached hydrogen (secondary N) is 1. The van der Waals surface area contributed by atoms with Gasteiger partial charge in [0.2, 0.25) is 6.41 Å². The number of furan rings is 1. The zero-order valence-corrected chi connectivity index (χ0v) is 5.52.